The fourth-order valence-corrected chi connectivity index (χ4v) is 4.04. The van der Waals surface area contributed by atoms with E-state index in [1.807, 2.05) is 42.3 Å². The van der Waals surface area contributed by atoms with Gasteiger partial charge in [-0.3, -0.25) is 14.7 Å². The number of carbonyl (C=O) groups excluding carboxylic acids is 1. The van der Waals surface area contributed by atoms with Crippen molar-refractivity contribution in [2.45, 2.75) is 19.4 Å². The van der Waals surface area contributed by atoms with E-state index in [0.29, 0.717) is 6.04 Å². The van der Waals surface area contributed by atoms with E-state index in [-0.39, 0.29) is 5.91 Å². The number of nitrogens with zero attached hydrogens (tertiary/aromatic N) is 3. The third-order valence-corrected chi connectivity index (χ3v) is 5.59. The highest BCUT2D eigenvalue weighted by Crippen LogP contribution is 2.24. The number of amides is 1. The second kappa shape index (κ2) is 7.56. The quantitative estimate of drug-likeness (QED) is 0.922. The number of aromatic nitrogens is 1. The lowest BCUT2D eigenvalue weighted by atomic mass is 10.00. The molecular weight excluding hydrogens is 324 g/mol. The minimum atomic E-state index is 0.141. The van der Waals surface area contributed by atoms with Crippen molar-refractivity contribution in [1.29, 1.82) is 0 Å². The van der Waals surface area contributed by atoms with Crippen molar-refractivity contribution in [3.05, 3.63) is 53.9 Å². The van der Waals surface area contributed by atoms with Crippen molar-refractivity contribution in [2.24, 2.45) is 0 Å². The van der Waals surface area contributed by atoms with Crippen LogP contribution in [0.15, 0.2) is 42.7 Å². The van der Waals surface area contributed by atoms with E-state index in [1.165, 1.54) is 6.42 Å². The molecule has 0 bridgehead atoms. The van der Waals surface area contributed by atoms with Crippen LogP contribution in [0.25, 0.3) is 11.1 Å². The highest BCUT2D eigenvalue weighted by atomic mass is 16.2. The van der Waals surface area contributed by atoms with Crippen LogP contribution in [0.2, 0.25) is 0 Å². The summed E-state index contributed by atoms with van der Waals surface area (Å²) in [4.78, 5) is 21.7. The van der Waals surface area contributed by atoms with Crippen molar-refractivity contribution in [3.8, 4) is 11.1 Å². The Morgan fingerprint density at radius 1 is 1.19 bits per heavy atom. The number of carbonyl (C=O) groups is 1. The van der Waals surface area contributed by atoms with Crippen molar-refractivity contribution in [1.82, 2.24) is 20.1 Å². The molecule has 5 nitrogen and oxygen atoms in total. The maximum atomic E-state index is 13.0. The summed E-state index contributed by atoms with van der Waals surface area (Å²) in [6.45, 7) is 7.82. The molecular formula is C21H26N4O. The monoisotopic (exact) mass is 350 g/mol. The van der Waals surface area contributed by atoms with Crippen LogP contribution in [-0.2, 0) is 0 Å². The zero-order chi connectivity index (χ0) is 17.9. The van der Waals surface area contributed by atoms with Gasteiger partial charge in [0.1, 0.15) is 0 Å². The largest absolute Gasteiger partial charge is 0.336 e. The van der Waals surface area contributed by atoms with Crippen LogP contribution >= 0.6 is 0 Å². The van der Waals surface area contributed by atoms with E-state index in [4.69, 9.17) is 0 Å². The molecule has 2 aliphatic heterocycles. The first-order valence-electron chi connectivity index (χ1n) is 9.47. The number of nitrogens with one attached hydrogen (secondary N) is 1. The predicted octanol–water partition coefficient (Wildman–Crippen LogP) is 2.18. The molecule has 0 unspecified atom stereocenters. The van der Waals surface area contributed by atoms with Gasteiger partial charge in [0.2, 0.25) is 0 Å². The van der Waals surface area contributed by atoms with Crippen LogP contribution in [0.5, 0.6) is 0 Å². The Kier molecular flexibility index (Phi) is 5.00. The zero-order valence-corrected chi connectivity index (χ0v) is 15.3. The zero-order valence-electron chi connectivity index (χ0n) is 15.3. The summed E-state index contributed by atoms with van der Waals surface area (Å²) >= 11 is 0. The number of rotatable bonds is 3. The maximum Gasteiger partial charge on any atom is 0.253 e. The summed E-state index contributed by atoms with van der Waals surface area (Å²) in [5, 5.41) is 3.43. The molecule has 2 saturated heterocycles. The van der Waals surface area contributed by atoms with Gasteiger partial charge in [0.25, 0.3) is 5.91 Å². The smallest absolute Gasteiger partial charge is 0.253 e. The Hall–Kier alpha value is -2.24. The third-order valence-electron chi connectivity index (χ3n) is 5.59. The number of pyridine rings is 1. The van der Waals surface area contributed by atoms with Crippen LogP contribution < -0.4 is 5.32 Å². The van der Waals surface area contributed by atoms with E-state index < -0.39 is 0 Å². The van der Waals surface area contributed by atoms with E-state index in [2.05, 4.69) is 21.3 Å². The van der Waals surface area contributed by atoms with Gasteiger partial charge in [-0.05, 0) is 54.8 Å². The lowest BCUT2D eigenvalue weighted by molar-refractivity contribution is 0.0584. The molecule has 1 aromatic carbocycles. The van der Waals surface area contributed by atoms with E-state index in [0.717, 1.165) is 61.5 Å². The average Bonchev–Trinajstić information content (AvgIpc) is 3.23. The van der Waals surface area contributed by atoms with E-state index in [9.17, 15) is 4.79 Å². The molecule has 3 heterocycles. The van der Waals surface area contributed by atoms with Crippen molar-refractivity contribution < 1.29 is 4.79 Å². The Labute approximate surface area is 155 Å². The van der Waals surface area contributed by atoms with Gasteiger partial charge >= 0.3 is 0 Å². The first-order valence-corrected chi connectivity index (χ1v) is 9.47. The molecule has 1 amide bonds. The Morgan fingerprint density at radius 3 is 2.77 bits per heavy atom. The molecule has 1 aromatic heterocycles. The van der Waals surface area contributed by atoms with Crippen LogP contribution in [0.4, 0.5) is 0 Å². The van der Waals surface area contributed by atoms with Gasteiger partial charge in [-0.2, -0.15) is 0 Å². The average molecular weight is 350 g/mol. The molecule has 0 spiro atoms. The summed E-state index contributed by atoms with van der Waals surface area (Å²) in [5.74, 6) is 0.141. The highest BCUT2D eigenvalue weighted by molar-refractivity contribution is 5.95. The molecule has 26 heavy (non-hydrogen) atoms. The fraction of sp³-hybridized carbons (Fsp3) is 0.429. The van der Waals surface area contributed by atoms with Gasteiger partial charge < -0.3 is 10.2 Å². The van der Waals surface area contributed by atoms with Crippen LogP contribution in [-0.4, -0.2) is 66.0 Å². The number of hydrogen-bond donors (Lipinski definition) is 1. The first-order chi connectivity index (χ1) is 12.7. The maximum absolute atomic E-state index is 13.0. The van der Waals surface area contributed by atoms with Gasteiger partial charge in [0.05, 0.1) is 0 Å². The number of aryl methyl sites for hydroxylation is 1. The lowest BCUT2D eigenvalue weighted by Crippen LogP contribution is -2.52. The summed E-state index contributed by atoms with van der Waals surface area (Å²) < 4.78 is 0. The molecule has 136 valence electrons. The standard InChI is InChI=1S/C21H26N4O/c1-16-14-22-8-6-20(16)17-3-2-4-18(13-17)21(26)25-11-9-24(10-12-25)19-5-7-23-15-19/h2-4,6,8,13-14,19,23H,5,7,9-12,15H2,1H3/t19-/m0/s1. The minimum Gasteiger partial charge on any atom is -0.336 e. The Morgan fingerprint density at radius 2 is 2.04 bits per heavy atom. The molecule has 0 saturated carbocycles. The van der Waals surface area contributed by atoms with Crippen molar-refractivity contribution in [3.63, 3.8) is 0 Å². The summed E-state index contributed by atoms with van der Waals surface area (Å²) in [6, 6.07) is 10.6. The molecule has 2 aliphatic rings. The topological polar surface area (TPSA) is 48.5 Å². The Balaban J connectivity index is 1.45. The SMILES string of the molecule is Cc1cnccc1-c1cccc(C(=O)N2CCN([C@H]3CCNC3)CC2)c1. The van der Waals surface area contributed by atoms with Gasteiger partial charge in [-0.25, -0.2) is 0 Å². The molecule has 2 aromatic rings. The van der Waals surface area contributed by atoms with Crippen LogP contribution in [0.1, 0.15) is 22.3 Å². The summed E-state index contributed by atoms with van der Waals surface area (Å²) in [6.07, 6.45) is 4.89. The molecule has 1 atom stereocenters. The van der Waals surface area contributed by atoms with E-state index in [1.54, 1.807) is 6.20 Å². The first kappa shape index (κ1) is 17.2. The van der Waals surface area contributed by atoms with Crippen molar-refractivity contribution in [2.75, 3.05) is 39.3 Å². The van der Waals surface area contributed by atoms with Gasteiger partial charge in [0.15, 0.2) is 0 Å². The van der Waals surface area contributed by atoms with Gasteiger partial charge in [-0.1, -0.05) is 12.1 Å². The number of piperazine rings is 1. The Bertz CT molecular complexity index is 777. The normalized spacial score (nSPS) is 21.1. The highest BCUT2D eigenvalue weighted by Gasteiger charge is 2.28. The molecule has 4 rings (SSSR count). The molecule has 1 N–H and O–H groups in total. The third kappa shape index (κ3) is 3.50. The summed E-state index contributed by atoms with van der Waals surface area (Å²) in [7, 11) is 0. The molecule has 2 fully saturated rings. The van der Waals surface area contributed by atoms with Crippen LogP contribution in [0.3, 0.4) is 0 Å². The number of benzene rings is 1. The predicted molar refractivity (Wildman–Crippen MR) is 103 cm³/mol. The fourth-order valence-electron chi connectivity index (χ4n) is 4.04. The minimum absolute atomic E-state index is 0.141. The van der Waals surface area contributed by atoms with Crippen LogP contribution in [0, 0.1) is 6.92 Å². The molecule has 0 aliphatic carbocycles. The second-order valence-electron chi connectivity index (χ2n) is 7.25. The summed E-state index contributed by atoms with van der Waals surface area (Å²) in [5.41, 5.74) is 4.10. The molecule has 0 radical (unpaired) electrons. The number of hydrogen-bond acceptors (Lipinski definition) is 4. The lowest BCUT2D eigenvalue weighted by Gasteiger charge is -2.37. The van der Waals surface area contributed by atoms with Gasteiger partial charge in [-0.15, -0.1) is 0 Å². The van der Waals surface area contributed by atoms with Crippen molar-refractivity contribution >= 4 is 5.91 Å². The second-order valence-corrected chi connectivity index (χ2v) is 7.25. The van der Waals surface area contributed by atoms with E-state index >= 15 is 0 Å². The molecule has 5 heteroatoms. The van der Waals surface area contributed by atoms with Gasteiger partial charge in [0, 0.05) is 56.7 Å².